The monoisotopic (exact) mass is 462 g/mol. The van der Waals surface area contributed by atoms with E-state index in [0.29, 0.717) is 18.8 Å². The molecule has 2 N–H and O–H groups in total. The van der Waals surface area contributed by atoms with Crippen molar-refractivity contribution in [2.75, 3.05) is 32.7 Å². The topological polar surface area (TPSA) is 108 Å². The number of phenolic OH excluding ortho intramolecular Hbond substituents is 1. The van der Waals surface area contributed by atoms with Crippen LogP contribution in [0.5, 0.6) is 5.75 Å². The second kappa shape index (κ2) is 11.0. The predicted molar refractivity (Wildman–Crippen MR) is 128 cm³/mol. The van der Waals surface area contributed by atoms with Gasteiger partial charge < -0.3 is 10.2 Å². The quantitative estimate of drug-likeness (QED) is 0.443. The lowest BCUT2D eigenvalue weighted by Crippen LogP contribution is -2.47. The molecule has 1 aliphatic heterocycles. The van der Waals surface area contributed by atoms with Crippen LogP contribution in [0, 0.1) is 0 Å². The summed E-state index contributed by atoms with van der Waals surface area (Å²) in [5, 5.41) is 31.4. The fourth-order valence-corrected chi connectivity index (χ4v) is 4.34. The first-order chi connectivity index (χ1) is 16.5. The normalized spacial score (nSPS) is 15.8. The van der Waals surface area contributed by atoms with Crippen molar-refractivity contribution in [2.24, 2.45) is 0 Å². The Balaban J connectivity index is 1.53. The molecule has 2 aromatic carbocycles. The SMILES string of the molecule is C=CCN1CCN(C(c2ccc(-c3nnn(CCCC(=O)O)n3)cc2)c2cccc(O)c2)CC1. The number of carboxylic acids is 1. The molecule has 1 fully saturated rings. The van der Waals surface area contributed by atoms with Crippen LogP contribution in [0.25, 0.3) is 11.4 Å². The number of benzene rings is 2. The van der Waals surface area contributed by atoms with Gasteiger partial charge in [-0.3, -0.25) is 14.6 Å². The average molecular weight is 463 g/mol. The van der Waals surface area contributed by atoms with Gasteiger partial charge in [0.15, 0.2) is 0 Å². The molecule has 0 radical (unpaired) electrons. The number of aromatic nitrogens is 4. The molecule has 0 aliphatic carbocycles. The summed E-state index contributed by atoms with van der Waals surface area (Å²) in [6, 6.07) is 15.6. The van der Waals surface area contributed by atoms with Crippen molar-refractivity contribution in [1.29, 1.82) is 0 Å². The number of hydrogen-bond acceptors (Lipinski definition) is 7. The Labute approximate surface area is 198 Å². The van der Waals surface area contributed by atoms with E-state index in [1.807, 2.05) is 30.3 Å². The highest BCUT2D eigenvalue weighted by Gasteiger charge is 2.26. The van der Waals surface area contributed by atoms with Crippen LogP contribution < -0.4 is 0 Å². The van der Waals surface area contributed by atoms with Gasteiger partial charge >= 0.3 is 5.97 Å². The Bertz CT molecular complexity index is 1110. The van der Waals surface area contributed by atoms with E-state index in [9.17, 15) is 9.90 Å². The number of phenols is 1. The molecule has 1 aromatic heterocycles. The minimum absolute atomic E-state index is 0.0201. The fourth-order valence-electron chi connectivity index (χ4n) is 4.34. The van der Waals surface area contributed by atoms with Gasteiger partial charge in [0.1, 0.15) is 5.75 Å². The maximum absolute atomic E-state index is 10.7. The second-order valence-electron chi connectivity index (χ2n) is 8.45. The first kappa shape index (κ1) is 23.6. The van der Waals surface area contributed by atoms with Crippen molar-refractivity contribution in [3.05, 3.63) is 72.3 Å². The molecule has 0 bridgehead atoms. The van der Waals surface area contributed by atoms with E-state index in [2.05, 4.69) is 50.0 Å². The molecule has 0 saturated carbocycles. The van der Waals surface area contributed by atoms with E-state index >= 15 is 0 Å². The minimum Gasteiger partial charge on any atom is -0.508 e. The third-order valence-electron chi connectivity index (χ3n) is 6.03. The number of carbonyl (C=O) groups is 1. The summed E-state index contributed by atoms with van der Waals surface area (Å²) in [7, 11) is 0. The summed E-state index contributed by atoms with van der Waals surface area (Å²) in [5.74, 6) is -0.0683. The van der Waals surface area contributed by atoms with Crippen LogP contribution in [0.3, 0.4) is 0 Å². The third-order valence-corrected chi connectivity index (χ3v) is 6.03. The zero-order valence-electron chi connectivity index (χ0n) is 19.1. The molecule has 4 rings (SSSR count). The van der Waals surface area contributed by atoms with Crippen LogP contribution in [0.1, 0.15) is 30.0 Å². The zero-order valence-corrected chi connectivity index (χ0v) is 19.1. The maximum Gasteiger partial charge on any atom is 0.303 e. The number of carboxylic acid groups (broad SMARTS) is 1. The zero-order chi connectivity index (χ0) is 23.9. The molecule has 2 heterocycles. The van der Waals surface area contributed by atoms with Crippen LogP contribution in [0.4, 0.5) is 0 Å². The maximum atomic E-state index is 10.7. The molecular formula is C25H30N6O3. The van der Waals surface area contributed by atoms with Gasteiger partial charge in [0.2, 0.25) is 5.82 Å². The van der Waals surface area contributed by atoms with Crippen molar-refractivity contribution < 1.29 is 15.0 Å². The molecule has 1 atom stereocenters. The number of hydrogen-bond donors (Lipinski definition) is 2. The fraction of sp³-hybridized carbons (Fsp3) is 0.360. The standard InChI is InChI=1S/C25H30N6O3/c1-2-12-29-14-16-30(17-15-29)24(21-5-3-6-22(32)18-21)19-8-10-20(11-9-19)25-26-28-31(27-25)13-4-7-23(33)34/h2-3,5-6,8-11,18,24,32H,1,4,7,12-17H2,(H,33,34). The number of tetrazole rings is 1. The Hall–Kier alpha value is -3.56. The molecular weight excluding hydrogens is 432 g/mol. The number of aromatic hydroxyl groups is 1. The number of nitrogens with zero attached hydrogens (tertiary/aromatic N) is 6. The van der Waals surface area contributed by atoms with E-state index < -0.39 is 5.97 Å². The first-order valence-electron chi connectivity index (χ1n) is 11.5. The van der Waals surface area contributed by atoms with E-state index in [4.69, 9.17) is 5.11 Å². The van der Waals surface area contributed by atoms with Crippen molar-refractivity contribution in [2.45, 2.75) is 25.4 Å². The Morgan fingerprint density at radius 1 is 1.09 bits per heavy atom. The van der Waals surface area contributed by atoms with Crippen molar-refractivity contribution in [3.8, 4) is 17.1 Å². The summed E-state index contributed by atoms with van der Waals surface area (Å²) < 4.78 is 0. The summed E-state index contributed by atoms with van der Waals surface area (Å²) >= 11 is 0. The predicted octanol–water partition coefficient (Wildman–Crippen LogP) is 2.80. The van der Waals surface area contributed by atoms with Gasteiger partial charge in [-0.05, 0) is 34.9 Å². The van der Waals surface area contributed by atoms with Crippen LogP contribution in [0.2, 0.25) is 0 Å². The van der Waals surface area contributed by atoms with E-state index in [-0.39, 0.29) is 18.2 Å². The molecule has 9 heteroatoms. The largest absolute Gasteiger partial charge is 0.508 e. The van der Waals surface area contributed by atoms with E-state index in [1.54, 1.807) is 6.07 Å². The van der Waals surface area contributed by atoms with Gasteiger partial charge in [0.05, 0.1) is 12.6 Å². The van der Waals surface area contributed by atoms with Crippen LogP contribution in [-0.4, -0.2) is 78.9 Å². The van der Waals surface area contributed by atoms with Crippen molar-refractivity contribution in [1.82, 2.24) is 30.0 Å². The lowest BCUT2D eigenvalue weighted by atomic mass is 9.95. The van der Waals surface area contributed by atoms with Gasteiger partial charge in [-0.15, -0.1) is 16.8 Å². The summed E-state index contributed by atoms with van der Waals surface area (Å²) in [4.78, 5) is 17.0. The van der Waals surface area contributed by atoms with Crippen LogP contribution >= 0.6 is 0 Å². The lowest BCUT2D eigenvalue weighted by Gasteiger charge is -2.39. The molecule has 178 valence electrons. The van der Waals surface area contributed by atoms with Gasteiger partial charge in [-0.2, -0.15) is 4.80 Å². The van der Waals surface area contributed by atoms with Gasteiger partial charge in [0.25, 0.3) is 0 Å². The molecule has 9 nitrogen and oxygen atoms in total. The summed E-state index contributed by atoms with van der Waals surface area (Å²) in [5.41, 5.74) is 3.02. The molecule has 34 heavy (non-hydrogen) atoms. The highest BCUT2D eigenvalue weighted by Crippen LogP contribution is 2.32. The molecule has 1 saturated heterocycles. The Morgan fingerprint density at radius 3 is 2.53 bits per heavy atom. The smallest absolute Gasteiger partial charge is 0.303 e. The first-order valence-corrected chi connectivity index (χ1v) is 11.5. The lowest BCUT2D eigenvalue weighted by molar-refractivity contribution is -0.137. The minimum atomic E-state index is -0.834. The van der Waals surface area contributed by atoms with Crippen LogP contribution in [0.15, 0.2) is 61.2 Å². The number of aryl methyl sites for hydroxylation is 1. The third kappa shape index (κ3) is 5.86. The summed E-state index contributed by atoms with van der Waals surface area (Å²) in [6.07, 6.45) is 2.47. The van der Waals surface area contributed by atoms with Gasteiger partial charge in [-0.1, -0.05) is 42.5 Å². The molecule has 0 amide bonds. The Morgan fingerprint density at radius 2 is 1.85 bits per heavy atom. The number of rotatable bonds is 10. The summed E-state index contributed by atoms with van der Waals surface area (Å²) in [6.45, 7) is 8.92. The molecule has 1 aliphatic rings. The highest BCUT2D eigenvalue weighted by molar-refractivity contribution is 5.66. The number of piperazine rings is 1. The second-order valence-corrected chi connectivity index (χ2v) is 8.45. The van der Waals surface area contributed by atoms with Gasteiger partial charge in [0, 0.05) is 44.7 Å². The Kier molecular flexibility index (Phi) is 7.66. The van der Waals surface area contributed by atoms with Gasteiger partial charge in [-0.25, -0.2) is 0 Å². The molecule has 1 unspecified atom stereocenters. The highest BCUT2D eigenvalue weighted by atomic mass is 16.4. The van der Waals surface area contributed by atoms with E-state index in [0.717, 1.165) is 49.4 Å². The molecule has 0 spiro atoms. The van der Waals surface area contributed by atoms with Crippen LogP contribution in [-0.2, 0) is 11.3 Å². The van der Waals surface area contributed by atoms with E-state index in [1.165, 1.54) is 4.80 Å². The van der Waals surface area contributed by atoms with Crippen molar-refractivity contribution in [3.63, 3.8) is 0 Å². The number of aliphatic carboxylic acids is 1. The molecule has 3 aromatic rings. The average Bonchev–Trinajstić information content (AvgIpc) is 3.30. The van der Waals surface area contributed by atoms with Crippen molar-refractivity contribution >= 4 is 5.97 Å².